The number of nitrogens with zero attached hydrogens (tertiary/aromatic N) is 2. The van der Waals surface area contributed by atoms with Gasteiger partial charge in [-0.1, -0.05) is 29.0 Å². The molecule has 1 aliphatic rings. The van der Waals surface area contributed by atoms with Gasteiger partial charge in [0.1, 0.15) is 5.01 Å². The van der Waals surface area contributed by atoms with Gasteiger partial charge in [0.15, 0.2) is 0 Å². The van der Waals surface area contributed by atoms with E-state index >= 15 is 0 Å². The van der Waals surface area contributed by atoms with Gasteiger partial charge < -0.3 is 16.4 Å². The smallest absolute Gasteiger partial charge is 0.359 e. The lowest BCUT2D eigenvalue weighted by Gasteiger charge is -2.13. The molecular formula is C23H22F3N5OS. The molecule has 0 radical (unpaired) electrons. The number of rotatable bonds is 6. The van der Waals surface area contributed by atoms with E-state index in [1.165, 1.54) is 23.5 Å². The molecule has 0 aliphatic carbocycles. The third-order valence-electron chi connectivity index (χ3n) is 5.23. The highest BCUT2D eigenvalue weighted by atomic mass is 32.1. The normalized spacial score (nSPS) is 14.1. The molecule has 3 aromatic rings. The van der Waals surface area contributed by atoms with Crippen LogP contribution >= 0.6 is 11.3 Å². The molecule has 172 valence electrons. The maximum absolute atomic E-state index is 12.7. The number of hydrogen-bond acceptors (Lipinski definition) is 6. The van der Waals surface area contributed by atoms with Crippen LogP contribution in [0.15, 0.2) is 48.0 Å². The topological polar surface area (TPSA) is 92.9 Å². The molecule has 4 N–H and O–H groups in total. The number of amides is 1. The van der Waals surface area contributed by atoms with E-state index in [9.17, 15) is 18.0 Å². The Balaban J connectivity index is 1.39. The van der Waals surface area contributed by atoms with Crippen molar-refractivity contribution in [3.8, 4) is 10.6 Å². The van der Waals surface area contributed by atoms with E-state index in [0.29, 0.717) is 28.7 Å². The quantitative estimate of drug-likeness (QED) is 0.441. The second kappa shape index (κ2) is 8.95. The van der Waals surface area contributed by atoms with Gasteiger partial charge in [-0.25, -0.2) is 0 Å². The number of fused-ring (bicyclic) bond motifs is 1. The monoisotopic (exact) mass is 473 g/mol. The largest absolute Gasteiger partial charge is 0.416 e. The fraction of sp³-hybridized carbons (Fsp3) is 0.261. The molecule has 1 amide bonds. The Morgan fingerprint density at radius 2 is 1.88 bits per heavy atom. The van der Waals surface area contributed by atoms with Crippen LogP contribution < -0.4 is 16.4 Å². The highest BCUT2D eigenvalue weighted by molar-refractivity contribution is 7.18. The van der Waals surface area contributed by atoms with Crippen molar-refractivity contribution in [3.05, 3.63) is 64.7 Å². The van der Waals surface area contributed by atoms with Crippen LogP contribution in [0.25, 0.3) is 16.1 Å². The van der Waals surface area contributed by atoms with Crippen molar-refractivity contribution in [2.45, 2.75) is 32.5 Å². The number of anilines is 2. The lowest BCUT2D eigenvalue weighted by Crippen LogP contribution is -2.31. The number of carbonyl (C=O) groups excluding carboxylic acids is 1. The summed E-state index contributed by atoms with van der Waals surface area (Å²) in [6.45, 7) is 4.19. The first-order valence-electron chi connectivity index (χ1n) is 10.2. The van der Waals surface area contributed by atoms with E-state index in [1.807, 2.05) is 32.0 Å². The minimum atomic E-state index is -4.35. The average molecular weight is 474 g/mol. The van der Waals surface area contributed by atoms with Gasteiger partial charge >= 0.3 is 6.18 Å². The summed E-state index contributed by atoms with van der Waals surface area (Å²) in [5.41, 5.74) is 10.3. The third kappa shape index (κ3) is 5.07. The molecule has 1 aliphatic heterocycles. The summed E-state index contributed by atoms with van der Waals surface area (Å²) in [5, 5.41) is 15.7. The van der Waals surface area contributed by atoms with Gasteiger partial charge in [0.2, 0.25) is 5.13 Å². The van der Waals surface area contributed by atoms with Crippen molar-refractivity contribution in [1.82, 2.24) is 10.2 Å². The van der Waals surface area contributed by atoms with Crippen LogP contribution in [0.5, 0.6) is 0 Å². The van der Waals surface area contributed by atoms with Crippen LogP contribution in [0.3, 0.4) is 0 Å². The number of benzene rings is 2. The Bertz CT molecular complexity index is 1210. The molecule has 2 aromatic carbocycles. The van der Waals surface area contributed by atoms with Crippen LogP contribution in [-0.4, -0.2) is 28.7 Å². The molecule has 1 aromatic heterocycles. The number of aromatic nitrogens is 2. The second-order valence-electron chi connectivity index (χ2n) is 8.04. The van der Waals surface area contributed by atoms with Crippen LogP contribution in [0, 0.1) is 0 Å². The molecular weight excluding hydrogens is 451 g/mol. The molecule has 2 heterocycles. The molecule has 1 unspecified atom stereocenters. The highest BCUT2D eigenvalue weighted by Gasteiger charge is 2.30. The van der Waals surface area contributed by atoms with E-state index < -0.39 is 11.7 Å². The van der Waals surface area contributed by atoms with E-state index in [1.54, 1.807) is 0 Å². The molecule has 4 rings (SSSR count). The molecule has 33 heavy (non-hydrogen) atoms. The van der Waals surface area contributed by atoms with Crippen LogP contribution in [-0.2, 0) is 17.4 Å². The maximum atomic E-state index is 12.7. The van der Waals surface area contributed by atoms with Crippen molar-refractivity contribution in [2.75, 3.05) is 17.2 Å². The van der Waals surface area contributed by atoms with Gasteiger partial charge in [0.25, 0.3) is 5.91 Å². The predicted octanol–water partition coefficient (Wildman–Crippen LogP) is 4.95. The van der Waals surface area contributed by atoms with Crippen molar-refractivity contribution in [3.63, 3.8) is 0 Å². The lowest BCUT2D eigenvalue weighted by atomic mass is 10.0. The van der Waals surface area contributed by atoms with E-state index in [0.717, 1.165) is 40.1 Å². The first kappa shape index (κ1) is 22.9. The fourth-order valence-electron chi connectivity index (χ4n) is 3.63. The first-order chi connectivity index (χ1) is 15.6. The SMILES string of the molecule is CC(C)=C1C(=O)Nc2ccc(-c3nnc(NCC(N)Cc4ccc(C(F)(F)F)cc4)s3)cc21. The van der Waals surface area contributed by atoms with E-state index in [-0.39, 0.29) is 11.9 Å². The van der Waals surface area contributed by atoms with E-state index in [2.05, 4.69) is 20.8 Å². The number of allylic oxidation sites excluding steroid dienone is 1. The van der Waals surface area contributed by atoms with Gasteiger partial charge in [-0.15, -0.1) is 10.2 Å². The number of nitrogens with two attached hydrogens (primary N) is 1. The van der Waals surface area contributed by atoms with Gasteiger partial charge in [0, 0.05) is 35.0 Å². The molecule has 10 heteroatoms. The molecule has 6 nitrogen and oxygen atoms in total. The zero-order valence-corrected chi connectivity index (χ0v) is 18.8. The molecule has 0 fully saturated rings. The maximum Gasteiger partial charge on any atom is 0.416 e. The highest BCUT2D eigenvalue weighted by Crippen LogP contribution is 2.37. The third-order valence-corrected chi connectivity index (χ3v) is 6.16. The Kier molecular flexibility index (Phi) is 6.22. The lowest BCUT2D eigenvalue weighted by molar-refractivity contribution is -0.137. The van der Waals surface area contributed by atoms with Crippen molar-refractivity contribution < 1.29 is 18.0 Å². The minimum absolute atomic E-state index is 0.108. The first-order valence-corrected chi connectivity index (χ1v) is 11.1. The summed E-state index contributed by atoms with van der Waals surface area (Å²) in [6, 6.07) is 10.4. The van der Waals surface area contributed by atoms with E-state index in [4.69, 9.17) is 5.73 Å². The van der Waals surface area contributed by atoms with Gasteiger partial charge in [-0.2, -0.15) is 13.2 Å². The summed E-state index contributed by atoms with van der Waals surface area (Å²) in [5.74, 6) is -0.108. The Morgan fingerprint density at radius 1 is 1.15 bits per heavy atom. The molecule has 0 saturated heterocycles. The molecule has 0 bridgehead atoms. The second-order valence-corrected chi connectivity index (χ2v) is 9.02. The standard InChI is InChI=1S/C23H22F3N5OS/c1-12(2)19-17-10-14(5-8-18(17)29-20(19)32)21-30-31-22(33-21)28-11-16(27)9-13-3-6-15(7-4-13)23(24,25)26/h3-8,10,16H,9,11,27H2,1-2H3,(H,28,31)(H,29,32). The van der Waals surface area contributed by atoms with Gasteiger partial charge in [-0.3, -0.25) is 4.79 Å². The summed E-state index contributed by atoms with van der Waals surface area (Å²) >= 11 is 1.36. The van der Waals surface area contributed by atoms with Crippen molar-refractivity contribution in [2.24, 2.45) is 5.73 Å². The number of nitrogens with one attached hydrogen (secondary N) is 2. The summed E-state index contributed by atoms with van der Waals surface area (Å²) in [7, 11) is 0. The van der Waals surface area contributed by atoms with Crippen molar-refractivity contribution >= 4 is 33.6 Å². The van der Waals surface area contributed by atoms with Crippen LogP contribution in [0.2, 0.25) is 0 Å². The van der Waals surface area contributed by atoms with Crippen molar-refractivity contribution in [1.29, 1.82) is 0 Å². The molecule has 0 saturated carbocycles. The van der Waals surface area contributed by atoms with Gasteiger partial charge in [-0.05, 0) is 56.2 Å². The summed E-state index contributed by atoms with van der Waals surface area (Å²) < 4.78 is 38.1. The Morgan fingerprint density at radius 3 is 2.55 bits per heavy atom. The number of hydrogen-bond donors (Lipinski definition) is 3. The zero-order valence-electron chi connectivity index (χ0n) is 18.0. The number of halogens is 3. The van der Waals surface area contributed by atoms with Gasteiger partial charge in [0.05, 0.1) is 5.56 Å². The number of carbonyl (C=O) groups is 1. The fourth-order valence-corrected chi connectivity index (χ4v) is 4.38. The Labute approximate surface area is 192 Å². The molecule has 1 atom stereocenters. The Hall–Kier alpha value is -3.24. The predicted molar refractivity (Wildman–Crippen MR) is 124 cm³/mol. The summed E-state index contributed by atoms with van der Waals surface area (Å²) in [6.07, 6.45) is -3.93. The summed E-state index contributed by atoms with van der Waals surface area (Å²) in [4.78, 5) is 12.2. The molecule has 0 spiro atoms. The van der Waals surface area contributed by atoms with Crippen LogP contribution in [0.4, 0.5) is 24.0 Å². The van der Waals surface area contributed by atoms with Crippen LogP contribution in [0.1, 0.15) is 30.5 Å². The zero-order chi connectivity index (χ0) is 23.8. The minimum Gasteiger partial charge on any atom is -0.359 e. The average Bonchev–Trinajstić information content (AvgIpc) is 3.35. The number of alkyl halides is 3.